The highest BCUT2D eigenvalue weighted by molar-refractivity contribution is 5.53. The summed E-state index contributed by atoms with van der Waals surface area (Å²) in [7, 11) is 0. The Hall–Kier alpha value is -1.22. The molecule has 0 saturated carbocycles. The van der Waals surface area contributed by atoms with Crippen molar-refractivity contribution in [1.82, 2.24) is 4.90 Å². The maximum atomic E-state index is 9.41. The van der Waals surface area contributed by atoms with Crippen LogP contribution in [-0.4, -0.2) is 22.6 Å². The first-order valence-corrected chi connectivity index (χ1v) is 6.39. The van der Waals surface area contributed by atoms with Crippen molar-refractivity contribution in [3.8, 4) is 5.75 Å². The van der Waals surface area contributed by atoms with E-state index < -0.39 is 0 Å². The van der Waals surface area contributed by atoms with Crippen molar-refractivity contribution in [2.75, 3.05) is 12.3 Å². The summed E-state index contributed by atoms with van der Waals surface area (Å²) in [6, 6.07) is 6.21. The second-order valence-electron chi connectivity index (χ2n) is 5.32. The van der Waals surface area contributed by atoms with E-state index in [4.69, 9.17) is 5.73 Å². The van der Waals surface area contributed by atoms with Gasteiger partial charge in [0, 0.05) is 12.6 Å². The molecular weight excluding hydrogens is 212 g/mol. The Balaban J connectivity index is 2.07. The maximum Gasteiger partial charge on any atom is 0.138 e. The van der Waals surface area contributed by atoms with E-state index in [0.29, 0.717) is 17.6 Å². The van der Waals surface area contributed by atoms with Crippen molar-refractivity contribution >= 4 is 5.69 Å². The molecule has 1 heterocycles. The van der Waals surface area contributed by atoms with Crippen LogP contribution in [0.3, 0.4) is 0 Å². The van der Waals surface area contributed by atoms with Gasteiger partial charge in [0.25, 0.3) is 0 Å². The van der Waals surface area contributed by atoms with Crippen LogP contribution < -0.4 is 5.73 Å². The van der Waals surface area contributed by atoms with Crippen molar-refractivity contribution in [2.45, 2.75) is 39.3 Å². The number of phenolic OH excluding ortho intramolecular Hbond substituents is 1. The minimum atomic E-state index is 0.176. The zero-order valence-electron chi connectivity index (χ0n) is 10.7. The molecule has 17 heavy (non-hydrogen) atoms. The first-order valence-electron chi connectivity index (χ1n) is 6.39. The SMILES string of the molecule is CC(C)C1CCCN1Cc1ccc(O)c(N)c1. The molecule has 0 bridgehead atoms. The van der Waals surface area contributed by atoms with Crippen molar-refractivity contribution in [3.05, 3.63) is 23.8 Å². The van der Waals surface area contributed by atoms with Crippen LogP contribution >= 0.6 is 0 Å². The summed E-state index contributed by atoms with van der Waals surface area (Å²) in [6.07, 6.45) is 2.58. The summed E-state index contributed by atoms with van der Waals surface area (Å²) >= 11 is 0. The number of nitrogens with two attached hydrogens (primary N) is 1. The average molecular weight is 234 g/mol. The molecule has 3 heteroatoms. The highest BCUT2D eigenvalue weighted by Crippen LogP contribution is 2.27. The molecule has 3 N–H and O–H groups in total. The predicted octanol–water partition coefficient (Wildman–Crippen LogP) is 2.59. The largest absolute Gasteiger partial charge is 0.506 e. The van der Waals surface area contributed by atoms with E-state index in [-0.39, 0.29) is 5.75 Å². The van der Waals surface area contributed by atoms with Gasteiger partial charge in [-0.3, -0.25) is 4.90 Å². The number of rotatable bonds is 3. The van der Waals surface area contributed by atoms with Crippen LogP contribution in [0.25, 0.3) is 0 Å². The highest BCUT2D eigenvalue weighted by Gasteiger charge is 2.26. The molecule has 0 radical (unpaired) electrons. The van der Waals surface area contributed by atoms with E-state index in [2.05, 4.69) is 18.7 Å². The molecule has 0 amide bonds. The number of benzene rings is 1. The lowest BCUT2D eigenvalue weighted by Crippen LogP contribution is -2.32. The van der Waals surface area contributed by atoms with Gasteiger partial charge in [0.05, 0.1) is 5.69 Å². The molecule has 0 aliphatic carbocycles. The zero-order chi connectivity index (χ0) is 12.4. The Morgan fingerprint density at radius 3 is 2.88 bits per heavy atom. The number of likely N-dealkylation sites (tertiary alicyclic amines) is 1. The third-order valence-corrected chi connectivity index (χ3v) is 3.66. The van der Waals surface area contributed by atoms with Crippen molar-refractivity contribution in [1.29, 1.82) is 0 Å². The molecule has 1 fully saturated rings. The lowest BCUT2D eigenvalue weighted by molar-refractivity contribution is 0.199. The Bertz CT molecular complexity index is 390. The van der Waals surface area contributed by atoms with Crippen molar-refractivity contribution in [2.24, 2.45) is 5.92 Å². The molecule has 3 nitrogen and oxygen atoms in total. The van der Waals surface area contributed by atoms with Gasteiger partial charge in [0.2, 0.25) is 0 Å². The lowest BCUT2D eigenvalue weighted by Gasteiger charge is -2.27. The normalized spacial score (nSPS) is 21.2. The molecule has 0 spiro atoms. The van der Waals surface area contributed by atoms with Crippen LogP contribution in [0.15, 0.2) is 18.2 Å². The molecular formula is C14H22N2O. The summed E-state index contributed by atoms with van der Waals surface area (Å²) in [4.78, 5) is 2.52. The van der Waals surface area contributed by atoms with E-state index >= 15 is 0 Å². The predicted molar refractivity (Wildman–Crippen MR) is 70.8 cm³/mol. The molecule has 1 aliphatic rings. The van der Waals surface area contributed by atoms with Crippen molar-refractivity contribution < 1.29 is 5.11 Å². The second-order valence-corrected chi connectivity index (χ2v) is 5.32. The van der Waals surface area contributed by atoms with E-state index in [1.807, 2.05) is 12.1 Å². The van der Waals surface area contributed by atoms with Gasteiger partial charge >= 0.3 is 0 Å². The van der Waals surface area contributed by atoms with Crippen LogP contribution in [0.5, 0.6) is 5.75 Å². The summed E-state index contributed by atoms with van der Waals surface area (Å²) in [6.45, 7) is 6.68. The molecule has 1 unspecified atom stereocenters. The molecule has 1 saturated heterocycles. The van der Waals surface area contributed by atoms with Crippen LogP contribution in [0, 0.1) is 5.92 Å². The number of hydrogen-bond acceptors (Lipinski definition) is 3. The fraction of sp³-hybridized carbons (Fsp3) is 0.571. The van der Waals surface area contributed by atoms with Crippen molar-refractivity contribution in [3.63, 3.8) is 0 Å². The monoisotopic (exact) mass is 234 g/mol. The number of aromatic hydroxyl groups is 1. The van der Waals surface area contributed by atoms with E-state index in [0.717, 1.165) is 6.54 Å². The number of phenols is 1. The Labute approximate surface area is 103 Å². The van der Waals surface area contributed by atoms with E-state index in [9.17, 15) is 5.11 Å². The maximum absolute atomic E-state index is 9.41. The van der Waals surface area contributed by atoms with Gasteiger partial charge in [0.15, 0.2) is 0 Å². The third-order valence-electron chi connectivity index (χ3n) is 3.66. The summed E-state index contributed by atoms with van der Waals surface area (Å²) < 4.78 is 0. The first-order chi connectivity index (χ1) is 8.08. The average Bonchev–Trinajstić information content (AvgIpc) is 2.72. The number of anilines is 1. The number of hydrogen-bond donors (Lipinski definition) is 2. The Morgan fingerprint density at radius 1 is 1.47 bits per heavy atom. The second kappa shape index (κ2) is 4.96. The lowest BCUT2D eigenvalue weighted by atomic mass is 10.0. The Kier molecular flexibility index (Phi) is 3.57. The minimum Gasteiger partial charge on any atom is -0.506 e. The van der Waals surface area contributed by atoms with Gasteiger partial charge in [-0.2, -0.15) is 0 Å². The summed E-state index contributed by atoms with van der Waals surface area (Å²) in [5.74, 6) is 0.877. The van der Waals surface area contributed by atoms with Gasteiger partial charge < -0.3 is 10.8 Å². The van der Waals surface area contributed by atoms with Crippen LogP contribution in [0.1, 0.15) is 32.3 Å². The minimum absolute atomic E-state index is 0.176. The van der Waals surface area contributed by atoms with Gasteiger partial charge in [-0.1, -0.05) is 19.9 Å². The van der Waals surface area contributed by atoms with Crippen LogP contribution in [0.4, 0.5) is 5.69 Å². The van der Waals surface area contributed by atoms with Crippen LogP contribution in [0.2, 0.25) is 0 Å². The van der Waals surface area contributed by atoms with Gasteiger partial charge in [0.1, 0.15) is 5.75 Å². The molecule has 1 aliphatic heterocycles. The molecule has 94 valence electrons. The quantitative estimate of drug-likeness (QED) is 0.624. The molecule has 0 aromatic heterocycles. The molecule has 2 rings (SSSR count). The molecule has 1 atom stereocenters. The number of nitrogen functional groups attached to an aromatic ring is 1. The first kappa shape index (κ1) is 12.2. The standard InChI is InChI=1S/C14H22N2O/c1-10(2)13-4-3-7-16(13)9-11-5-6-14(17)12(15)8-11/h5-6,8,10,13,17H,3-4,7,9,15H2,1-2H3. The fourth-order valence-electron chi connectivity index (χ4n) is 2.74. The summed E-state index contributed by atoms with van der Waals surface area (Å²) in [5.41, 5.74) is 7.38. The topological polar surface area (TPSA) is 49.5 Å². The molecule has 1 aromatic rings. The van der Waals surface area contributed by atoms with Crippen LogP contribution in [-0.2, 0) is 6.54 Å². The third kappa shape index (κ3) is 2.72. The number of nitrogens with zero attached hydrogens (tertiary/aromatic N) is 1. The summed E-state index contributed by atoms with van der Waals surface area (Å²) in [5, 5.41) is 9.41. The fourth-order valence-corrected chi connectivity index (χ4v) is 2.74. The van der Waals surface area contributed by atoms with Gasteiger partial charge in [-0.15, -0.1) is 0 Å². The smallest absolute Gasteiger partial charge is 0.138 e. The zero-order valence-corrected chi connectivity index (χ0v) is 10.7. The van der Waals surface area contributed by atoms with E-state index in [1.54, 1.807) is 6.07 Å². The Morgan fingerprint density at radius 2 is 2.24 bits per heavy atom. The van der Waals surface area contributed by atoms with Gasteiger partial charge in [-0.05, 0) is 43.0 Å². The molecule has 1 aromatic carbocycles. The van der Waals surface area contributed by atoms with Gasteiger partial charge in [-0.25, -0.2) is 0 Å². The van der Waals surface area contributed by atoms with E-state index in [1.165, 1.54) is 24.9 Å². The highest BCUT2D eigenvalue weighted by atomic mass is 16.3.